The average molecular weight is 284 g/mol. The Morgan fingerprint density at radius 2 is 2.00 bits per heavy atom. The fourth-order valence-electron chi connectivity index (χ4n) is 2.81. The molecule has 4 nitrogen and oxygen atoms in total. The highest BCUT2D eigenvalue weighted by Gasteiger charge is 2.33. The van der Waals surface area contributed by atoms with Crippen LogP contribution in [0.5, 0.6) is 0 Å². The van der Waals surface area contributed by atoms with Gasteiger partial charge in [-0.15, -0.1) is 0 Å². The van der Waals surface area contributed by atoms with Gasteiger partial charge in [-0.3, -0.25) is 4.79 Å². The fourth-order valence-corrected chi connectivity index (χ4v) is 2.81. The van der Waals surface area contributed by atoms with Gasteiger partial charge in [0.15, 0.2) is 0 Å². The van der Waals surface area contributed by atoms with E-state index in [9.17, 15) is 4.79 Å². The van der Waals surface area contributed by atoms with Gasteiger partial charge in [0.05, 0.1) is 6.61 Å². The summed E-state index contributed by atoms with van der Waals surface area (Å²) in [6.07, 6.45) is 2.91. The van der Waals surface area contributed by atoms with Crippen molar-refractivity contribution in [3.63, 3.8) is 0 Å². The minimum absolute atomic E-state index is 0.283. The van der Waals surface area contributed by atoms with E-state index in [0.29, 0.717) is 18.4 Å². The SMILES string of the molecule is CCOC(=O)C(C)(N)CCCN1CCC(C(C)(C)C)C1. The summed E-state index contributed by atoms with van der Waals surface area (Å²) in [5, 5.41) is 0. The second-order valence-corrected chi connectivity index (χ2v) is 7.39. The highest BCUT2D eigenvalue weighted by molar-refractivity contribution is 5.79. The molecule has 1 aliphatic rings. The first-order valence-corrected chi connectivity index (χ1v) is 7.85. The van der Waals surface area contributed by atoms with Crippen molar-refractivity contribution in [1.29, 1.82) is 0 Å². The quantitative estimate of drug-likeness (QED) is 0.761. The van der Waals surface area contributed by atoms with Gasteiger partial charge in [0.1, 0.15) is 5.54 Å². The molecule has 1 rings (SSSR count). The third-order valence-corrected chi connectivity index (χ3v) is 4.41. The van der Waals surface area contributed by atoms with E-state index < -0.39 is 5.54 Å². The van der Waals surface area contributed by atoms with Gasteiger partial charge in [-0.05, 0) is 57.5 Å². The lowest BCUT2D eigenvalue weighted by Gasteiger charge is -2.27. The largest absolute Gasteiger partial charge is 0.465 e. The van der Waals surface area contributed by atoms with Crippen molar-refractivity contribution in [3.05, 3.63) is 0 Å². The molecule has 0 radical (unpaired) electrons. The second kappa shape index (κ2) is 6.90. The molecule has 0 aromatic heterocycles. The maximum Gasteiger partial charge on any atom is 0.325 e. The van der Waals surface area contributed by atoms with Gasteiger partial charge in [0.25, 0.3) is 0 Å². The maximum absolute atomic E-state index is 11.7. The molecule has 1 saturated heterocycles. The molecule has 0 spiro atoms. The third-order valence-electron chi connectivity index (χ3n) is 4.41. The Hall–Kier alpha value is -0.610. The first-order valence-electron chi connectivity index (χ1n) is 7.85. The number of nitrogens with zero attached hydrogens (tertiary/aromatic N) is 1. The van der Waals surface area contributed by atoms with E-state index in [0.717, 1.165) is 18.9 Å². The van der Waals surface area contributed by atoms with Gasteiger partial charge < -0.3 is 15.4 Å². The Bertz CT molecular complexity index is 321. The molecule has 1 aliphatic heterocycles. The molecule has 2 atom stereocenters. The van der Waals surface area contributed by atoms with Crippen LogP contribution in [0.2, 0.25) is 0 Å². The predicted octanol–water partition coefficient (Wildman–Crippen LogP) is 2.42. The van der Waals surface area contributed by atoms with Crippen LogP contribution in [0.25, 0.3) is 0 Å². The van der Waals surface area contributed by atoms with E-state index in [1.165, 1.54) is 19.5 Å². The normalized spacial score (nSPS) is 23.6. The van der Waals surface area contributed by atoms with Crippen molar-refractivity contribution < 1.29 is 9.53 Å². The van der Waals surface area contributed by atoms with Crippen LogP contribution in [0.4, 0.5) is 0 Å². The zero-order valence-corrected chi connectivity index (χ0v) is 13.9. The zero-order chi connectivity index (χ0) is 15.4. The molecule has 0 aromatic carbocycles. The van der Waals surface area contributed by atoms with Crippen LogP contribution >= 0.6 is 0 Å². The minimum atomic E-state index is -0.848. The van der Waals surface area contributed by atoms with Crippen molar-refractivity contribution >= 4 is 5.97 Å². The molecule has 0 aliphatic carbocycles. The molecule has 4 heteroatoms. The van der Waals surface area contributed by atoms with Gasteiger partial charge >= 0.3 is 5.97 Å². The van der Waals surface area contributed by atoms with Gasteiger partial charge in [-0.25, -0.2) is 0 Å². The number of ether oxygens (including phenoxy) is 1. The second-order valence-electron chi connectivity index (χ2n) is 7.39. The molecular weight excluding hydrogens is 252 g/mol. The van der Waals surface area contributed by atoms with Crippen LogP contribution < -0.4 is 5.73 Å². The smallest absolute Gasteiger partial charge is 0.325 e. The standard InChI is InChI=1S/C16H32N2O2/c1-6-20-14(19)16(5,17)9-7-10-18-11-8-13(12-18)15(2,3)4/h13H,6-12,17H2,1-5H3. The molecule has 1 fully saturated rings. The van der Waals surface area contributed by atoms with Gasteiger partial charge in [0, 0.05) is 6.54 Å². The summed E-state index contributed by atoms with van der Waals surface area (Å²) in [5.74, 6) is 0.491. The molecule has 1 heterocycles. The molecule has 118 valence electrons. The average Bonchev–Trinajstić information content (AvgIpc) is 2.77. The summed E-state index contributed by atoms with van der Waals surface area (Å²) in [7, 11) is 0. The van der Waals surface area contributed by atoms with E-state index in [1.807, 2.05) is 6.92 Å². The highest BCUT2D eigenvalue weighted by Crippen LogP contribution is 2.33. The van der Waals surface area contributed by atoms with Gasteiger partial charge in [0.2, 0.25) is 0 Å². The molecule has 20 heavy (non-hydrogen) atoms. The minimum Gasteiger partial charge on any atom is -0.465 e. The van der Waals surface area contributed by atoms with Crippen LogP contribution in [0.1, 0.15) is 53.9 Å². The Morgan fingerprint density at radius 3 is 2.50 bits per heavy atom. The Morgan fingerprint density at radius 1 is 1.35 bits per heavy atom. The van der Waals surface area contributed by atoms with Crippen LogP contribution in [0.15, 0.2) is 0 Å². The molecule has 0 amide bonds. The molecule has 0 bridgehead atoms. The number of rotatable bonds is 6. The van der Waals surface area contributed by atoms with E-state index in [2.05, 4.69) is 25.7 Å². The van der Waals surface area contributed by atoms with Crippen molar-refractivity contribution in [2.24, 2.45) is 17.1 Å². The molecular formula is C16H32N2O2. The lowest BCUT2D eigenvalue weighted by Crippen LogP contribution is -2.46. The molecule has 0 saturated carbocycles. The van der Waals surface area contributed by atoms with E-state index in [-0.39, 0.29) is 5.97 Å². The Labute approximate surface area is 124 Å². The van der Waals surface area contributed by atoms with Gasteiger partial charge in [-0.2, -0.15) is 0 Å². The molecule has 2 N–H and O–H groups in total. The number of carbonyl (C=O) groups excluding carboxylic acids is 1. The highest BCUT2D eigenvalue weighted by atomic mass is 16.5. The Kier molecular flexibility index (Phi) is 6.02. The fraction of sp³-hybridized carbons (Fsp3) is 0.938. The Balaban J connectivity index is 2.30. The number of hydrogen-bond acceptors (Lipinski definition) is 4. The zero-order valence-electron chi connectivity index (χ0n) is 13.9. The van der Waals surface area contributed by atoms with Crippen LogP contribution in [-0.4, -0.2) is 42.6 Å². The first kappa shape index (κ1) is 17.4. The lowest BCUT2D eigenvalue weighted by atomic mass is 9.80. The number of carbonyl (C=O) groups is 1. The van der Waals surface area contributed by atoms with Crippen LogP contribution in [0.3, 0.4) is 0 Å². The summed E-state index contributed by atoms with van der Waals surface area (Å²) >= 11 is 0. The van der Waals surface area contributed by atoms with Crippen molar-refractivity contribution in [2.45, 2.75) is 59.4 Å². The van der Waals surface area contributed by atoms with Crippen molar-refractivity contribution in [3.8, 4) is 0 Å². The predicted molar refractivity (Wildman–Crippen MR) is 82.5 cm³/mol. The van der Waals surface area contributed by atoms with E-state index in [4.69, 9.17) is 10.5 Å². The summed E-state index contributed by atoms with van der Waals surface area (Å²) in [5.41, 5.74) is 5.58. The topological polar surface area (TPSA) is 55.6 Å². The third kappa shape index (κ3) is 5.06. The molecule has 0 aromatic rings. The first-order chi connectivity index (χ1) is 9.16. The number of esters is 1. The lowest BCUT2D eigenvalue weighted by molar-refractivity contribution is -0.149. The number of nitrogens with two attached hydrogens (primary N) is 1. The number of hydrogen-bond donors (Lipinski definition) is 1. The van der Waals surface area contributed by atoms with Crippen LogP contribution in [-0.2, 0) is 9.53 Å². The van der Waals surface area contributed by atoms with Crippen molar-refractivity contribution in [2.75, 3.05) is 26.2 Å². The summed E-state index contributed by atoms with van der Waals surface area (Å²) in [6, 6.07) is 0. The maximum atomic E-state index is 11.7. The van der Waals surface area contributed by atoms with Gasteiger partial charge in [-0.1, -0.05) is 20.8 Å². The summed E-state index contributed by atoms with van der Waals surface area (Å²) in [4.78, 5) is 14.2. The van der Waals surface area contributed by atoms with Crippen LogP contribution in [0, 0.1) is 11.3 Å². The monoisotopic (exact) mass is 284 g/mol. The van der Waals surface area contributed by atoms with E-state index in [1.54, 1.807) is 6.92 Å². The van der Waals surface area contributed by atoms with E-state index >= 15 is 0 Å². The molecule has 2 unspecified atom stereocenters. The summed E-state index contributed by atoms with van der Waals surface area (Å²) in [6.45, 7) is 14.3. The summed E-state index contributed by atoms with van der Waals surface area (Å²) < 4.78 is 5.01. The van der Waals surface area contributed by atoms with Crippen molar-refractivity contribution in [1.82, 2.24) is 4.90 Å². The number of likely N-dealkylation sites (tertiary alicyclic amines) is 1.